The number of imidazole rings is 1. The molecule has 20 N–H and O–H groups in total. The molecule has 0 fully saturated rings. The van der Waals surface area contributed by atoms with Crippen LogP contribution in [0, 0.1) is 5.92 Å². The highest BCUT2D eigenvalue weighted by Gasteiger charge is 2.36. The van der Waals surface area contributed by atoms with Crippen molar-refractivity contribution in [2.45, 2.75) is 140 Å². The summed E-state index contributed by atoms with van der Waals surface area (Å²) in [7, 11) is 0. The molecular formula is C46H73N15O13. The van der Waals surface area contributed by atoms with Gasteiger partial charge in [0.1, 0.15) is 42.3 Å². The SMILES string of the molecule is CC(C)C[C@H](N)C(=O)NCC(=O)N[C@@H](CCCN=C(N)N)C(=O)N[C@@H](Cc1ccccc1)C(=O)N[C@@H](CCCCN)C(=O)N[C@@H](Cc1cnc[nH]1)C(=O)N[C@H](C(=O)N[C@@H](CC(=O)O)C(=O)N[C@@H](C)C(=O)O)[C@@H](C)O. The number of carboxylic acid groups (broad SMARTS) is 2. The number of aliphatic hydroxyl groups is 1. The Morgan fingerprint density at radius 3 is 1.78 bits per heavy atom. The number of carbonyl (C=O) groups is 10. The van der Waals surface area contributed by atoms with E-state index in [0.29, 0.717) is 24.1 Å². The highest BCUT2D eigenvalue weighted by molar-refractivity contribution is 5.98. The Bertz CT molecular complexity index is 2210. The van der Waals surface area contributed by atoms with Crippen molar-refractivity contribution in [1.29, 1.82) is 0 Å². The van der Waals surface area contributed by atoms with Gasteiger partial charge in [0.25, 0.3) is 0 Å². The molecule has 0 unspecified atom stereocenters. The molecule has 0 bridgehead atoms. The monoisotopic (exact) mass is 1040 g/mol. The van der Waals surface area contributed by atoms with Crippen LogP contribution in [-0.4, -0.2) is 165 Å². The second kappa shape index (κ2) is 32.4. The summed E-state index contributed by atoms with van der Waals surface area (Å²) >= 11 is 0. The number of aliphatic imine (C=N–C) groups is 1. The van der Waals surface area contributed by atoms with Crippen LogP contribution in [0.15, 0.2) is 47.8 Å². The highest BCUT2D eigenvalue weighted by atomic mass is 16.4. The van der Waals surface area contributed by atoms with Crippen LogP contribution in [0.4, 0.5) is 0 Å². The number of hydrogen-bond donors (Lipinski definition) is 16. The van der Waals surface area contributed by atoms with Crippen molar-refractivity contribution in [3.8, 4) is 0 Å². The Balaban J connectivity index is 2.47. The number of carbonyl (C=O) groups excluding carboxylic acids is 8. The van der Waals surface area contributed by atoms with E-state index in [1.165, 1.54) is 12.5 Å². The molecule has 0 spiro atoms. The highest BCUT2D eigenvalue weighted by Crippen LogP contribution is 2.11. The summed E-state index contributed by atoms with van der Waals surface area (Å²) < 4.78 is 0. The molecular weight excluding hydrogens is 971 g/mol. The number of nitrogens with two attached hydrogens (primary N) is 4. The second-order valence-corrected chi connectivity index (χ2v) is 17.9. The number of hydrogen-bond acceptors (Lipinski definition) is 15. The number of unbranched alkanes of at least 4 members (excludes halogenated alkanes) is 1. The molecule has 1 heterocycles. The van der Waals surface area contributed by atoms with Gasteiger partial charge in [0.2, 0.25) is 47.3 Å². The van der Waals surface area contributed by atoms with Crippen LogP contribution in [0.2, 0.25) is 0 Å². The van der Waals surface area contributed by atoms with Crippen LogP contribution in [0.5, 0.6) is 0 Å². The first-order valence-corrected chi connectivity index (χ1v) is 24.0. The maximum atomic E-state index is 14.4. The molecule has 74 heavy (non-hydrogen) atoms. The van der Waals surface area contributed by atoms with Gasteiger partial charge in [-0.25, -0.2) is 4.98 Å². The lowest BCUT2D eigenvalue weighted by atomic mass is 10.0. The van der Waals surface area contributed by atoms with Crippen LogP contribution >= 0.6 is 0 Å². The van der Waals surface area contributed by atoms with Crippen LogP contribution < -0.4 is 65.5 Å². The molecule has 1 aromatic carbocycles. The molecule has 0 aliphatic rings. The lowest BCUT2D eigenvalue weighted by molar-refractivity contribution is -0.143. The molecule has 8 amide bonds. The number of amides is 8. The van der Waals surface area contributed by atoms with E-state index in [2.05, 4.69) is 57.5 Å². The maximum absolute atomic E-state index is 14.4. The number of rotatable bonds is 34. The first kappa shape index (κ1) is 62.4. The molecule has 0 saturated heterocycles. The van der Waals surface area contributed by atoms with Gasteiger partial charge in [-0.2, -0.15) is 0 Å². The fourth-order valence-electron chi connectivity index (χ4n) is 7.07. The third-order valence-electron chi connectivity index (χ3n) is 11.0. The summed E-state index contributed by atoms with van der Waals surface area (Å²) in [6.45, 7) is 5.72. The van der Waals surface area contributed by atoms with Gasteiger partial charge in [0, 0.05) is 31.3 Å². The minimum absolute atomic E-state index is 0.0271. The fraction of sp³-hybridized carbons (Fsp3) is 0.565. The quantitative estimate of drug-likeness (QED) is 0.0178. The van der Waals surface area contributed by atoms with Crippen molar-refractivity contribution in [3.05, 3.63) is 54.1 Å². The number of nitrogens with zero attached hydrogens (tertiary/aromatic N) is 2. The standard InChI is InChI=1S/C46H73N15O13/c1-24(2)17-29(48)38(66)53-22-35(63)56-30(14-10-16-52-46(49)50)39(67)58-32(18-27-11-6-5-7-12-27)42(70)57-31(13-8-9-15-47)40(68)59-33(19-28-21-51-23-54-28)43(71)61-37(26(4)62)44(72)60-34(20-36(64)65)41(69)55-25(3)45(73)74/h5-7,11-12,21,23-26,29-34,37,62H,8-10,13-20,22,47-48H2,1-4H3,(H,51,54)(H,53,66)(H,55,69)(H,56,63)(H,57,70)(H,58,67)(H,59,68)(H,60,72)(H,61,71)(H,64,65)(H,73,74)(H4,49,50,52)/t25-,26+,29-,30-,31-,32-,33-,34-,37-/m0/s1. The molecule has 28 heteroatoms. The summed E-state index contributed by atoms with van der Waals surface area (Å²) in [5.41, 5.74) is 23.5. The van der Waals surface area contributed by atoms with E-state index in [1.807, 2.05) is 13.8 Å². The largest absolute Gasteiger partial charge is 0.481 e. The third kappa shape index (κ3) is 23.7. The molecule has 0 radical (unpaired) electrons. The molecule has 28 nitrogen and oxygen atoms in total. The Hall–Kier alpha value is -7.72. The zero-order chi connectivity index (χ0) is 55.5. The lowest BCUT2D eigenvalue weighted by Crippen LogP contribution is -2.62. The van der Waals surface area contributed by atoms with E-state index in [-0.39, 0.29) is 63.5 Å². The van der Waals surface area contributed by atoms with Crippen LogP contribution in [0.1, 0.15) is 83.9 Å². The van der Waals surface area contributed by atoms with Crippen LogP contribution in [0.25, 0.3) is 0 Å². The zero-order valence-corrected chi connectivity index (χ0v) is 41.9. The van der Waals surface area contributed by atoms with E-state index < -0.39 is 127 Å². The summed E-state index contributed by atoms with van der Waals surface area (Å²) in [4.78, 5) is 143. The van der Waals surface area contributed by atoms with Gasteiger partial charge in [-0.05, 0) is 70.4 Å². The zero-order valence-electron chi connectivity index (χ0n) is 41.9. The average molecular weight is 1040 g/mol. The first-order chi connectivity index (χ1) is 34.9. The van der Waals surface area contributed by atoms with Crippen molar-refractivity contribution in [1.82, 2.24) is 52.5 Å². The topological polar surface area (TPSA) is 473 Å². The summed E-state index contributed by atoms with van der Waals surface area (Å²) in [5, 5.41) is 48.7. The Labute approximate surface area is 427 Å². The van der Waals surface area contributed by atoms with Gasteiger partial charge in [-0.15, -0.1) is 0 Å². The average Bonchev–Trinajstić information content (AvgIpc) is 3.85. The second-order valence-electron chi connectivity index (χ2n) is 17.9. The van der Waals surface area contributed by atoms with Crippen molar-refractivity contribution in [2.75, 3.05) is 19.6 Å². The normalized spacial score (nSPS) is 14.6. The number of carboxylic acids is 2. The summed E-state index contributed by atoms with van der Waals surface area (Å²) in [6, 6.07) is -3.22. The number of aromatic amines is 1. The molecule has 2 rings (SSSR count). The maximum Gasteiger partial charge on any atom is 0.325 e. The Kier molecular flexibility index (Phi) is 27.3. The number of guanidine groups is 1. The summed E-state index contributed by atoms with van der Waals surface area (Å²) in [5.74, 6) is -10.5. The minimum Gasteiger partial charge on any atom is -0.481 e. The third-order valence-corrected chi connectivity index (χ3v) is 11.0. The van der Waals surface area contributed by atoms with Crippen molar-refractivity contribution in [2.24, 2.45) is 33.8 Å². The van der Waals surface area contributed by atoms with Gasteiger partial charge in [-0.1, -0.05) is 44.2 Å². The number of aliphatic carboxylic acids is 2. The molecule has 0 saturated carbocycles. The number of aromatic nitrogens is 2. The minimum atomic E-state index is -1.88. The van der Waals surface area contributed by atoms with Gasteiger partial charge in [0.15, 0.2) is 5.96 Å². The van der Waals surface area contributed by atoms with Crippen LogP contribution in [-0.2, 0) is 60.8 Å². The van der Waals surface area contributed by atoms with Gasteiger partial charge in [-0.3, -0.25) is 52.9 Å². The number of nitrogens with one attached hydrogen (secondary N) is 9. The van der Waals surface area contributed by atoms with Crippen LogP contribution in [0.3, 0.4) is 0 Å². The van der Waals surface area contributed by atoms with E-state index in [0.717, 1.165) is 13.8 Å². The smallest absolute Gasteiger partial charge is 0.325 e. The predicted molar refractivity (Wildman–Crippen MR) is 266 cm³/mol. The fourth-order valence-corrected chi connectivity index (χ4v) is 7.07. The van der Waals surface area contributed by atoms with Crippen molar-refractivity contribution >= 4 is 65.2 Å². The lowest BCUT2D eigenvalue weighted by Gasteiger charge is -2.28. The van der Waals surface area contributed by atoms with Gasteiger partial charge < -0.3 is 85.8 Å². The number of H-pyrrole nitrogens is 1. The van der Waals surface area contributed by atoms with E-state index in [1.54, 1.807) is 30.3 Å². The predicted octanol–water partition coefficient (Wildman–Crippen LogP) is -4.78. The molecule has 1 aromatic heterocycles. The first-order valence-electron chi connectivity index (χ1n) is 24.0. The van der Waals surface area contributed by atoms with E-state index in [4.69, 9.17) is 22.9 Å². The molecule has 9 atom stereocenters. The summed E-state index contributed by atoms with van der Waals surface area (Å²) in [6.07, 6.45) is 0.664. The van der Waals surface area contributed by atoms with E-state index in [9.17, 15) is 63.3 Å². The number of benzene rings is 1. The number of aliphatic hydroxyl groups excluding tert-OH is 1. The van der Waals surface area contributed by atoms with Crippen molar-refractivity contribution in [3.63, 3.8) is 0 Å². The molecule has 0 aliphatic heterocycles. The molecule has 410 valence electrons. The van der Waals surface area contributed by atoms with Gasteiger partial charge >= 0.3 is 11.9 Å². The Morgan fingerprint density at radius 1 is 0.676 bits per heavy atom. The Morgan fingerprint density at radius 2 is 1.23 bits per heavy atom. The van der Waals surface area contributed by atoms with E-state index >= 15 is 0 Å². The molecule has 0 aliphatic carbocycles. The van der Waals surface area contributed by atoms with Crippen molar-refractivity contribution < 1.29 is 63.3 Å². The molecule has 2 aromatic rings. The van der Waals surface area contributed by atoms with Gasteiger partial charge in [0.05, 0.1) is 31.4 Å².